The summed E-state index contributed by atoms with van der Waals surface area (Å²) >= 11 is 0. The Morgan fingerprint density at radius 2 is 1.70 bits per heavy atom. The third kappa shape index (κ3) is 1.51. The average molecular weight is 260 g/mol. The highest BCUT2D eigenvalue weighted by atomic mass is 15.2. The maximum absolute atomic E-state index is 6.28. The Labute approximate surface area is 118 Å². The van der Waals surface area contributed by atoms with Crippen molar-refractivity contribution in [2.24, 2.45) is 5.73 Å². The second kappa shape index (κ2) is 4.27. The van der Waals surface area contributed by atoms with Gasteiger partial charge >= 0.3 is 0 Å². The zero-order chi connectivity index (χ0) is 13.5. The number of fused-ring (bicyclic) bond motifs is 3. The van der Waals surface area contributed by atoms with Crippen molar-refractivity contribution in [3.05, 3.63) is 83.7 Å². The van der Waals surface area contributed by atoms with Crippen LogP contribution in [-0.2, 0) is 0 Å². The monoisotopic (exact) mass is 260 g/mol. The van der Waals surface area contributed by atoms with E-state index in [1.807, 2.05) is 12.1 Å². The lowest BCUT2D eigenvalue weighted by Gasteiger charge is -2.26. The van der Waals surface area contributed by atoms with Gasteiger partial charge in [0.25, 0.3) is 0 Å². The molecule has 2 nitrogen and oxygen atoms in total. The van der Waals surface area contributed by atoms with Crippen molar-refractivity contribution in [3.63, 3.8) is 0 Å². The molecule has 0 amide bonds. The zero-order valence-corrected chi connectivity index (χ0v) is 11.2. The van der Waals surface area contributed by atoms with Crippen molar-refractivity contribution in [2.45, 2.75) is 12.3 Å². The van der Waals surface area contributed by atoms with Crippen LogP contribution in [0.4, 0.5) is 11.4 Å². The minimum atomic E-state index is 0.386. The molecular formula is C18H16N2. The molecular weight excluding hydrogens is 244 g/mol. The second-order valence-corrected chi connectivity index (χ2v) is 5.26. The molecule has 2 aliphatic rings. The van der Waals surface area contributed by atoms with E-state index in [-0.39, 0.29) is 0 Å². The molecule has 2 aromatic carbocycles. The summed E-state index contributed by atoms with van der Waals surface area (Å²) in [6, 6.07) is 19.1. The number of para-hydroxylation sites is 2. The Kier molecular flexibility index (Phi) is 2.43. The van der Waals surface area contributed by atoms with Crippen LogP contribution in [-0.4, -0.2) is 0 Å². The Morgan fingerprint density at radius 3 is 2.55 bits per heavy atom. The molecule has 1 aliphatic heterocycles. The van der Waals surface area contributed by atoms with Crippen LogP contribution in [0.1, 0.15) is 17.9 Å². The lowest BCUT2D eigenvalue weighted by molar-refractivity contribution is 0.803. The highest BCUT2D eigenvalue weighted by Crippen LogP contribution is 2.50. The fourth-order valence-corrected chi connectivity index (χ4v) is 3.26. The summed E-state index contributed by atoms with van der Waals surface area (Å²) in [5.74, 6) is 0.386. The van der Waals surface area contributed by atoms with Crippen LogP contribution < -0.4 is 10.6 Å². The van der Waals surface area contributed by atoms with Gasteiger partial charge in [-0.2, -0.15) is 0 Å². The Hall–Kier alpha value is -2.48. The molecule has 1 atom stereocenters. The smallest absolute Gasteiger partial charge is 0.0540 e. The number of hydrogen-bond acceptors (Lipinski definition) is 2. The summed E-state index contributed by atoms with van der Waals surface area (Å²) in [6.45, 7) is 0. The zero-order valence-electron chi connectivity index (χ0n) is 11.2. The van der Waals surface area contributed by atoms with Gasteiger partial charge in [0.05, 0.1) is 11.4 Å². The van der Waals surface area contributed by atoms with E-state index in [9.17, 15) is 0 Å². The van der Waals surface area contributed by atoms with Gasteiger partial charge in [-0.1, -0.05) is 42.5 Å². The number of anilines is 2. The SMILES string of the molecule is NC1=C2C(CC=C1)c1ccccc1N2c1ccccc1. The molecule has 0 radical (unpaired) electrons. The number of allylic oxidation sites excluding steroid dienone is 3. The van der Waals surface area contributed by atoms with E-state index in [0.717, 1.165) is 12.1 Å². The number of nitrogens with zero attached hydrogens (tertiary/aromatic N) is 1. The molecule has 0 saturated carbocycles. The number of hydrogen-bond donors (Lipinski definition) is 1. The molecule has 1 aliphatic carbocycles. The van der Waals surface area contributed by atoms with E-state index < -0.39 is 0 Å². The van der Waals surface area contributed by atoms with Gasteiger partial charge in [-0.25, -0.2) is 0 Å². The van der Waals surface area contributed by atoms with Gasteiger partial charge in [-0.05, 0) is 36.3 Å². The van der Waals surface area contributed by atoms with Crippen LogP contribution in [0.2, 0.25) is 0 Å². The third-order valence-corrected chi connectivity index (χ3v) is 4.10. The molecule has 0 aromatic heterocycles. The summed E-state index contributed by atoms with van der Waals surface area (Å²) in [5.41, 5.74) is 12.2. The first-order valence-corrected chi connectivity index (χ1v) is 6.96. The quantitative estimate of drug-likeness (QED) is 0.838. The third-order valence-electron chi connectivity index (χ3n) is 4.10. The molecule has 4 rings (SSSR count). The van der Waals surface area contributed by atoms with Gasteiger partial charge in [0.2, 0.25) is 0 Å². The average Bonchev–Trinajstić information content (AvgIpc) is 2.84. The lowest BCUT2D eigenvalue weighted by atomic mass is 9.91. The van der Waals surface area contributed by atoms with Crippen molar-refractivity contribution >= 4 is 11.4 Å². The summed E-state index contributed by atoms with van der Waals surface area (Å²) in [5, 5.41) is 0. The summed E-state index contributed by atoms with van der Waals surface area (Å²) in [6.07, 6.45) is 5.23. The number of nitrogens with two attached hydrogens (primary N) is 1. The largest absolute Gasteiger partial charge is 0.397 e. The van der Waals surface area contributed by atoms with E-state index in [4.69, 9.17) is 5.73 Å². The molecule has 2 heteroatoms. The Bertz CT molecular complexity index is 713. The summed E-state index contributed by atoms with van der Waals surface area (Å²) in [4.78, 5) is 2.30. The molecule has 0 saturated heterocycles. The van der Waals surface area contributed by atoms with E-state index in [1.54, 1.807) is 0 Å². The minimum Gasteiger partial charge on any atom is -0.397 e. The Morgan fingerprint density at radius 1 is 0.950 bits per heavy atom. The van der Waals surface area contributed by atoms with E-state index in [2.05, 4.69) is 59.5 Å². The molecule has 2 aromatic rings. The van der Waals surface area contributed by atoms with Crippen LogP contribution in [0.25, 0.3) is 0 Å². The van der Waals surface area contributed by atoms with E-state index in [1.165, 1.54) is 22.6 Å². The van der Waals surface area contributed by atoms with Crippen LogP contribution in [0.5, 0.6) is 0 Å². The molecule has 2 N–H and O–H groups in total. The highest BCUT2D eigenvalue weighted by Gasteiger charge is 2.36. The van der Waals surface area contributed by atoms with Crippen LogP contribution in [0.3, 0.4) is 0 Å². The van der Waals surface area contributed by atoms with E-state index in [0.29, 0.717) is 5.92 Å². The van der Waals surface area contributed by atoms with Gasteiger partial charge in [0, 0.05) is 17.3 Å². The van der Waals surface area contributed by atoms with Gasteiger partial charge < -0.3 is 10.6 Å². The van der Waals surface area contributed by atoms with Crippen molar-refractivity contribution < 1.29 is 0 Å². The van der Waals surface area contributed by atoms with E-state index >= 15 is 0 Å². The normalized spacial score (nSPS) is 20.0. The number of rotatable bonds is 1. The summed E-state index contributed by atoms with van der Waals surface area (Å²) < 4.78 is 0. The first-order valence-electron chi connectivity index (χ1n) is 6.96. The first-order chi connectivity index (χ1) is 9.86. The van der Waals surface area contributed by atoms with Gasteiger partial charge in [-0.15, -0.1) is 0 Å². The molecule has 98 valence electrons. The predicted octanol–water partition coefficient (Wildman–Crippen LogP) is 4.05. The number of benzene rings is 2. The predicted molar refractivity (Wildman–Crippen MR) is 82.7 cm³/mol. The molecule has 1 unspecified atom stereocenters. The first kappa shape index (κ1) is 11.4. The fourth-order valence-electron chi connectivity index (χ4n) is 3.26. The maximum atomic E-state index is 6.28. The van der Waals surface area contributed by atoms with Crippen molar-refractivity contribution in [1.82, 2.24) is 0 Å². The minimum absolute atomic E-state index is 0.386. The molecule has 0 bridgehead atoms. The van der Waals surface area contributed by atoms with Crippen LogP contribution >= 0.6 is 0 Å². The molecule has 1 heterocycles. The van der Waals surface area contributed by atoms with Gasteiger partial charge in [0.15, 0.2) is 0 Å². The van der Waals surface area contributed by atoms with Crippen LogP contribution in [0.15, 0.2) is 78.1 Å². The van der Waals surface area contributed by atoms with Crippen molar-refractivity contribution in [3.8, 4) is 0 Å². The second-order valence-electron chi connectivity index (χ2n) is 5.26. The Balaban J connectivity index is 1.98. The van der Waals surface area contributed by atoms with Crippen molar-refractivity contribution in [1.29, 1.82) is 0 Å². The van der Waals surface area contributed by atoms with Gasteiger partial charge in [-0.3, -0.25) is 0 Å². The fraction of sp³-hybridized carbons (Fsp3) is 0.111. The topological polar surface area (TPSA) is 29.3 Å². The highest BCUT2D eigenvalue weighted by molar-refractivity contribution is 5.79. The standard InChI is InChI=1S/C18H16N2/c19-16-11-6-10-15-14-9-4-5-12-17(14)20(18(15)16)13-7-2-1-3-8-13/h1-9,11-12,15H,10,19H2. The van der Waals surface area contributed by atoms with Crippen molar-refractivity contribution in [2.75, 3.05) is 4.90 Å². The molecule has 0 spiro atoms. The maximum Gasteiger partial charge on any atom is 0.0540 e. The van der Waals surface area contributed by atoms with Gasteiger partial charge in [0.1, 0.15) is 0 Å². The molecule has 0 fully saturated rings. The van der Waals surface area contributed by atoms with Crippen LogP contribution in [0, 0.1) is 0 Å². The summed E-state index contributed by atoms with van der Waals surface area (Å²) in [7, 11) is 0. The lowest BCUT2D eigenvalue weighted by Crippen LogP contribution is -2.20. The molecule has 20 heavy (non-hydrogen) atoms.